The minimum absolute atomic E-state index is 0.0666. The second-order valence-corrected chi connectivity index (χ2v) is 7.76. The van der Waals surface area contributed by atoms with Crippen molar-refractivity contribution in [3.05, 3.63) is 47.0 Å². The molecule has 6 heteroatoms. The molecule has 1 aromatic heterocycles. The van der Waals surface area contributed by atoms with Crippen LogP contribution in [-0.2, 0) is 11.3 Å². The third-order valence-corrected chi connectivity index (χ3v) is 5.95. The molecule has 132 valence electrons. The lowest BCUT2D eigenvalue weighted by Gasteiger charge is -2.20. The van der Waals surface area contributed by atoms with Gasteiger partial charge in [0.25, 0.3) is 0 Å². The molecule has 3 atom stereocenters. The van der Waals surface area contributed by atoms with Crippen LogP contribution in [0.1, 0.15) is 37.7 Å². The molecule has 0 saturated heterocycles. The number of halogens is 2. The number of nitrogens with zero attached hydrogens (tertiary/aromatic N) is 2. The SMILES string of the molecule is O=C(CC1CC2CCC1C2)Nc1cnn(Cc2ccc(F)cc2Cl)c1. The molecule has 1 heterocycles. The minimum atomic E-state index is -0.359. The van der Waals surface area contributed by atoms with Crippen molar-refractivity contribution < 1.29 is 9.18 Å². The zero-order valence-corrected chi connectivity index (χ0v) is 14.7. The summed E-state index contributed by atoms with van der Waals surface area (Å²) in [5.74, 6) is 1.86. The van der Waals surface area contributed by atoms with Gasteiger partial charge in [-0.15, -0.1) is 0 Å². The average Bonchev–Trinajstić information content (AvgIpc) is 3.27. The van der Waals surface area contributed by atoms with Crippen LogP contribution in [0.2, 0.25) is 5.02 Å². The van der Waals surface area contributed by atoms with Gasteiger partial charge in [0.15, 0.2) is 0 Å². The summed E-state index contributed by atoms with van der Waals surface area (Å²) in [4.78, 5) is 12.3. The second kappa shape index (κ2) is 6.79. The van der Waals surface area contributed by atoms with Gasteiger partial charge in [-0.05, 0) is 54.7 Å². The largest absolute Gasteiger partial charge is 0.323 e. The Kier molecular flexibility index (Phi) is 4.50. The van der Waals surface area contributed by atoms with Gasteiger partial charge in [0.05, 0.1) is 18.4 Å². The minimum Gasteiger partial charge on any atom is -0.323 e. The van der Waals surface area contributed by atoms with Crippen molar-refractivity contribution in [1.29, 1.82) is 0 Å². The van der Waals surface area contributed by atoms with Crippen LogP contribution in [0.25, 0.3) is 0 Å². The highest BCUT2D eigenvalue weighted by molar-refractivity contribution is 6.31. The fourth-order valence-electron chi connectivity index (χ4n) is 4.42. The van der Waals surface area contributed by atoms with Crippen LogP contribution in [0.5, 0.6) is 0 Å². The van der Waals surface area contributed by atoms with Gasteiger partial charge in [-0.1, -0.05) is 24.1 Å². The third-order valence-electron chi connectivity index (χ3n) is 5.60. The van der Waals surface area contributed by atoms with Gasteiger partial charge in [-0.3, -0.25) is 9.48 Å². The summed E-state index contributed by atoms with van der Waals surface area (Å²) < 4.78 is 14.8. The number of benzene rings is 1. The molecule has 2 fully saturated rings. The number of hydrogen-bond donors (Lipinski definition) is 1. The van der Waals surface area contributed by atoms with Gasteiger partial charge < -0.3 is 5.32 Å². The van der Waals surface area contributed by atoms with E-state index in [0.29, 0.717) is 29.6 Å². The molecule has 1 N–H and O–H groups in total. The first-order valence-electron chi connectivity index (χ1n) is 8.83. The van der Waals surface area contributed by atoms with E-state index < -0.39 is 0 Å². The van der Waals surface area contributed by atoms with E-state index >= 15 is 0 Å². The van der Waals surface area contributed by atoms with Gasteiger partial charge in [0.1, 0.15) is 5.82 Å². The summed E-state index contributed by atoms with van der Waals surface area (Å²) in [5, 5.41) is 7.56. The van der Waals surface area contributed by atoms with Gasteiger partial charge in [-0.2, -0.15) is 5.10 Å². The molecular formula is C19H21ClFN3O. The molecule has 0 radical (unpaired) electrons. The van der Waals surface area contributed by atoms with Crippen molar-refractivity contribution in [2.45, 2.75) is 38.6 Å². The number of carbonyl (C=O) groups excluding carboxylic acids is 1. The van der Waals surface area contributed by atoms with Crippen molar-refractivity contribution in [1.82, 2.24) is 9.78 Å². The Bertz CT molecular complexity index is 791. The quantitative estimate of drug-likeness (QED) is 0.852. The summed E-state index contributed by atoms with van der Waals surface area (Å²) in [6.45, 7) is 0.432. The lowest BCUT2D eigenvalue weighted by Crippen LogP contribution is -2.20. The van der Waals surface area contributed by atoms with Crippen molar-refractivity contribution in [3.8, 4) is 0 Å². The Morgan fingerprint density at radius 1 is 1.36 bits per heavy atom. The van der Waals surface area contributed by atoms with Crippen LogP contribution >= 0.6 is 11.6 Å². The first-order chi connectivity index (χ1) is 12.1. The van der Waals surface area contributed by atoms with Gasteiger partial charge in [0, 0.05) is 17.6 Å². The number of hydrogen-bond acceptors (Lipinski definition) is 2. The fraction of sp³-hybridized carbons (Fsp3) is 0.474. The van der Waals surface area contributed by atoms with Crippen LogP contribution in [0.15, 0.2) is 30.6 Å². The monoisotopic (exact) mass is 361 g/mol. The van der Waals surface area contributed by atoms with E-state index in [1.165, 1.54) is 37.8 Å². The Hall–Kier alpha value is -1.88. The van der Waals surface area contributed by atoms with Crippen LogP contribution < -0.4 is 5.32 Å². The Morgan fingerprint density at radius 3 is 2.96 bits per heavy atom. The Morgan fingerprint density at radius 2 is 2.24 bits per heavy atom. The van der Waals surface area contributed by atoms with Crippen LogP contribution in [-0.4, -0.2) is 15.7 Å². The molecule has 2 saturated carbocycles. The zero-order chi connectivity index (χ0) is 17.4. The van der Waals surface area contributed by atoms with E-state index in [1.54, 1.807) is 23.1 Å². The second-order valence-electron chi connectivity index (χ2n) is 7.35. The smallest absolute Gasteiger partial charge is 0.224 e. The van der Waals surface area contributed by atoms with Crippen molar-refractivity contribution in [2.75, 3.05) is 5.32 Å². The lowest BCUT2D eigenvalue weighted by atomic mass is 9.86. The normalized spacial score (nSPS) is 24.6. The van der Waals surface area contributed by atoms with Crippen molar-refractivity contribution in [3.63, 3.8) is 0 Å². The first-order valence-corrected chi connectivity index (χ1v) is 9.21. The molecule has 25 heavy (non-hydrogen) atoms. The number of anilines is 1. The molecule has 3 unspecified atom stereocenters. The van der Waals surface area contributed by atoms with Crippen molar-refractivity contribution >= 4 is 23.2 Å². The molecule has 2 bridgehead atoms. The van der Waals surface area contributed by atoms with Crippen molar-refractivity contribution in [2.24, 2.45) is 17.8 Å². The highest BCUT2D eigenvalue weighted by Gasteiger charge is 2.40. The molecule has 2 aliphatic carbocycles. The topological polar surface area (TPSA) is 46.9 Å². The summed E-state index contributed by atoms with van der Waals surface area (Å²) in [6, 6.07) is 4.31. The van der Waals surface area contributed by atoms with Crippen LogP contribution in [0.3, 0.4) is 0 Å². The zero-order valence-electron chi connectivity index (χ0n) is 13.9. The maximum Gasteiger partial charge on any atom is 0.224 e. The summed E-state index contributed by atoms with van der Waals surface area (Å²) in [5.41, 5.74) is 1.47. The average molecular weight is 362 g/mol. The molecule has 4 nitrogen and oxygen atoms in total. The number of carbonyl (C=O) groups is 1. The molecule has 0 spiro atoms. The van der Waals surface area contributed by atoms with E-state index in [2.05, 4.69) is 10.4 Å². The number of nitrogens with one attached hydrogen (secondary N) is 1. The highest BCUT2D eigenvalue weighted by Crippen LogP contribution is 2.49. The molecule has 1 aromatic carbocycles. The molecule has 4 rings (SSSR count). The number of amides is 1. The van der Waals surface area contributed by atoms with Crippen LogP contribution in [0.4, 0.5) is 10.1 Å². The van der Waals surface area contributed by atoms with E-state index in [9.17, 15) is 9.18 Å². The molecule has 0 aliphatic heterocycles. The van der Waals surface area contributed by atoms with E-state index in [4.69, 9.17) is 11.6 Å². The highest BCUT2D eigenvalue weighted by atomic mass is 35.5. The van der Waals surface area contributed by atoms with Gasteiger partial charge in [0.2, 0.25) is 5.91 Å². The molecule has 1 amide bonds. The van der Waals surface area contributed by atoms with E-state index in [0.717, 1.165) is 17.4 Å². The van der Waals surface area contributed by atoms with Gasteiger partial charge >= 0.3 is 0 Å². The maximum atomic E-state index is 13.1. The predicted molar refractivity (Wildman–Crippen MR) is 94.9 cm³/mol. The predicted octanol–water partition coefficient (Wildman–Crippen LogP) is 4.49. The number of aromatic nitrogens is 2. The van der Waals surface area contributed by atoms with E-state index in [-0.39, 0.29) is 11.7 Å². The third kappa shape index (κ3) is 3.71. The Labute approximate surface area is 151 Å². The fourth-order valence-corrected chi connectivity index (χ4v) is 4.64. The molecular weight excluding hydrogens is 341 g/mol. The maximum absolute atomic E-state index is 13.1. The first kappa shape index (κ1) is 16.6. The van der Waals surface area contributed by atoms with Gasteiger partial charge in [-0.25, -0.2) is 4.39 Å². The van der Waals surface area contributed by atoms with Crippen LogP contribution in [0, 0.1) is 23.6 Å². The standard InChI is InChI=1S/C19H21ClFN3O/c20-18-8-16(21)4-3-14(18)10-24-11-17(9-22-24)23-19(25)7-15-6-12-1-2-13(15)5-12/h3-4,8-9,11-13,15H,1-2,5-7,10H2,(H,23,25). The molecule has 2 aromatic rings. The summed E-state index contributed by atoms with van der Waals surface area (Å²) in [7, 11) is 0. The lowest BCUT2D eigenvalue weighted by molar-refractivity contribution is -0.117. The molecule has 2 aliphatic rings. The number of rotatable bonds is 5. The van der Waals surface area contributed by atoms with E-state index in [1.807, 2.05) is 0 Å². The Balaban J connectivity index is 1.34. The summed E-state index contributed by atoms with van der Waals surface area (Å²) >= 11 is 6.05. The number of fused-ring (bicyclic) bond motifs is 2. The summed E-state index contributed by atoms with van der Waals surface area (Å²) in [6.07, 6.45) is 9.18.